The number of nitrogens with one attached hydrogen (secondary N) is 3. The molecule has 11 heteroatoms. The van der Waals surface area contributed by atoms with Gasteiger partial charge >= 0.3 is 0 Å². The number of benzene rings is 1. The lowest BCUT2D eigenvalue weighted by atomic mass is 10.0. The predicted molar refractivity (Wildman–Crippen MR) is 123 cm³/mol. The molecule has 0 aliphatic carbocycles. The monoisotopic (exact) mass is 558 g/mol. The van der Waals surface area contributed by atoms with Gasteiger partial charge in [0.2, 0.25) is 5.91 Å². The lowest BCUT2D eigenvalue weighted by molar-refractivity contribution is -0.114. The van der Waals surface area contributed by atoms with E-state index >= 15 is 0 Å². The van der Waals surface area contributed by atoms with Crippen LogP contribution in [0.3, 0.4) is 0 Å². The summed E-state index contributed by atoms with van der Waals surface area (Å²) >= 11 is 0. The third kappa shape index (κ3) is 10.0. The van der Waals surface area contributed by atoms with Gasteiger partial charge < -0.3 is 25.4 Å². The van der Waals surface area contributed by atoms with Gasteiger partial charge in [-0.15, -0.1) is 24.0 Å². The summed E-state index contributed by atoms with van der Waals surface area (Å²) in [6, 6.07) is 1.70. The Labute approximate surface area is 197 Å². The maximum Gasteiger partial charge on any atom is 0.246 e. The molecule has 1 aliphatic heterocycles. The first kappa shape index (κ1) is 27.4. The molecule has 1 aliphatic rings. The van der Waals surface area contributed by atoms with Crippen LogP contribution in [0.4, 0.5) is 18.9 Å². The largest absolute Gasteiger partial charge is 0.381 e. The molecule has 1 heterocycles. The first-order valence-electron chi connectivity index (χ1n) is 10.1. The van der Waals surface area contributed by atoms with E-state index in [0.717, 1.165) is 51.2 Å². The summed E-state index contributed by atoms with van der Waals surface area (Å²) in [7, 11) is 0. The highest BCUT2D eigenvalue weighted by Gasteiger charge is 2.15. The summed E-state index contributed by atoms with van der Waals surface area (Å²) < 4.78 is 50.8. The molecular formula is C20H30F3IN4O3. The van der Waals surface area contributed by atoms with Crippen molar-refractivity contribution in [1.82, 2.24) is 10.6 Å². The van der Waals surface area contributed by atoms with E-state index in [-0.39, 0.29) is 30.5 Å². The number of rotatable bonds is 10. The highest BCUT2D eigenvalue weighted by molar-refractivity contribution is 14.0. The van der Waals surface area contributed by atoms with Gasteiger partial charge in [0.25, 0.3) is 0 Å². The average Bonchev–Trinajstić information content (AvgIpc) is 2.75. The number of anilines is 1. The van der Waals surface area contributed by atoms with Crippen LogP contribution >= 0.6 is 24.0 Å². The Morgan fingerprint density at radius 2 is 1.94 bits per heavy atom. The van der Waals surface area contributed by atoms with Crippen LogP contribution in [0.15, 0.2) is 17.1 Å². The Hall–Kier alpha value is -1.60. The molecule has 0 aromatic heterocycles. The van der Waals surface area contributed by atoms with Crippen molar-refractivity contribution in [3.05, 3.63) is 29.6 Å². The van der Waals surface area contributed by atoms with Gasteiger partial charge in [0.15, 0.2) is 23.4 Å². The van der Waals surface area contributed by atoms with Crippen molar-refractivity contribution < 1.29 is 27.4 Å². The van der Waals surface area contributed by atoms with Gasteiger partial charge in [-0.3, -0.25) is 4.79 Å². The lowest BCUT2D eigenvalue weighted by Crippen LogP contribution is -2.38. The zero-order valence-corrected chi connectivity index (χ0v) is 19.8. The second kappa shape index (κ2) is 15.2. The van der Waals surface area contributed by atoms with Crippen molar-refractivity contribution in [1.29, 1.82) is 0 Å². The number of aliphatic imine (C=N–C) groups is 1. The van der Waals surface area contributed by atoms with Crippen LogP contribution < -0.4 is 16.0 Å². The number of halogens is 4. The van der Waals surface area contributed by atoms with Crippen molar-refractivity contribution in [2.75, 3.05) is 51.4 Å². The molecule has 1 fully saturated rings. The number of hydrogen-bond donors (Lipinski definition) is 3. The van der Waals surface area contributed by atoms with Crippen molar-refractivity contribution in [3.63, 3.8) is 0 Å². The molecule has 1 aromatic rings. The molecule has 2 rings (SSSR count). The molecule has 0 spiro atoms. The van der Waals surface area contributed by atoms with E-state index < -0.39 is 29.0 Å². The van der Waals surface area contributed by atoms with Gasteiger partial charge in [-0.25, -0.2) is 18.2 Å². The number of guanidine groups is 1. The first-order valence-corrected chi connectivity index (χ1v) is 10.1. The molecular weight excluding hydrogens is 528 g/mol. The SMILES string of the molecule is CCNC(=NCC(=O)Nc1ccc(F)c(F)c1F)NCCCOCC1CCOCC1.I. The second-order valence-electron chi connectivity index (χ2n) is 6.88. The zero-order valence-electron chi connectivity index (χ0n) is 17.5. The Balaban J connectivity index is 0.00000480. The fourth-order valence-electron chi connectivity index (χ4n) is 2.85. The number of hydrogen-bond acceptors (Lipinski definition) is 4. The number of amides is 1. The summed E-state index contributed by atoms with van der Waals surface area (Å²) in [5.74, 6) is -4.08. The number of nitrogens with zero attached hydrogens (tertiary/aromatic N) is 1. The Kier molecular flexibility index (Phi) is 13.5. The van der Waals surface area contributed by atoms with E-state index in [9.17, 15) is 18.0 Å². The fraction of sp³-hybridized carbons (Fsp3) is 0.600. The first-order chi connectivity index (χ1) is 14.5. The minimum Gasteiger partial charge on any atom is -0.381 e. The van der Waals surface area contributed by atoms with E-state index in [1.165, 1.54) is 0 Å². The molecule has 3 N–H and O–H groups in total. The minimum atomic E-state index is -1.63. The minimum absolute atomic E-state index is 0. The average molecular weight is 558 g/mol. The van der Waals surface area contributed by atoms with E-state index in [2.05, 4.69) is 20.9 Å². The van der Waals surface area contributed by atoms with Crippen molar-refractivity contribution in [2.24, 2.45) is 10.9 Å². The van der Waals surface area contributed by atoms with Gasteiger partial charge in [0.1, 0.15) is 6.54 Å². The summed E-state index contributed by atoms with van der Waals surface area (Å²) in [5, 5.41) is 8.25. The summed E-state index contributed by atoms with van der Waals surface area (Å²) in [6.07, 6.45) is 2.83. The molecule has 7 nitrogen and oxygen atoms in total. The number of carbonyl (C=O) groups excluding carboxylic acids is 1. The van der Waals surface area contributed by atoms with Gasteiger partial charge in [-0.05, 0) is 44.2 Å². The zero-order chi connectivity index (χ0) is 21.8. The van der Waals surface area contributed by atoms with Crippen molar-refractivity contribution in [2.45, 2.75) is 26.2 Å². The van der Waals surface area contributed by atoms with Gasteiger partial charge in [0.05, 0.1) is 5.69 Å². The van der Waals surface area contributed by atoms with Gasteiger partial charge in [-0.1, -0.05) is 0 Å². The van der Waals surface area contributed by atoms with Crippen molar-refractivity contribution in [3.8, 4) is 0 Å². The number of carbonyl (C=O) groups is 1. The van der Waals surface area contributed by atoms with Crippen LogP contribution in [-0.2, 0) is 14.3 Å². The topological polar surface area (TPSA) is 84.0 Å². The lowest BCUT2D eigenvalue weighted by Gasteiger charge is -2.21. The van der Waals surface area contributed by atoms with Gasteiger partial charge in [0, 0.05) is 39.5 Å². The predicted octanol–water partition coefficient (Wildman–Crippen LogP) is 3.05. The highest BCUT2D eigenvalue weighted by Crippen LogP contribution is 2.19. The molecule has 1 aromatic carbocycles. The van der Waals surface area contributed by atoms with Crippen LogP contribution in [0, 0.1) is 23.4 Å². The Morgan fingerprint density at radius 3 is 2.65 bits per heavy atom. The molecule has 0 bridgehead atoms. The Morgan fingerprint density at radius 1 is 1.19 bits per heavy atom. The molecule has 0 saturated carbocycles. The standard InChI is InChI=1S/C20H29F3N4O3.HI/c1-2-24-20(25-8-3-9-30-13-14-6-10-29-11-7-14)26-12-17(28)27-16-5-4-15(21)18(22)19(16)23;/h4-5,14H,2-3,6-13H2,1H3,(H,27,28)(H2,24,25,26);1H. The van der Waals surface area contributed by atoms with Gasteiger partial charge in [-0.2, -0.15) is 0 Å². The van der Waals surface area contributed by atoms with Crippen LogP contribution in [0.1, 0.15) is 26.2 Å². The quantitative estimate of drug-likeness (QED) is 0.135. The normalized spacial score (nSPS) is 14.6. The molecule has 0 radical (unpaired) electrons. The smallest absolute Gasteiger partial charge is 0.246 e. The van der Waals surface area contributed by atoms with Crippen LogP contribution in [-0.4, -0.2) is 57.9 Å². The fourth-order valence-corrected chi connectivity index (χ4v) is 2.85. The maximum absolute atomic E-state index is 13.6. The third-order valence-corrected chi connectivity index (χ3v) is 4.49. The Bertz CT molecular complexity index is 719. The molecule has 176 valence electrons. The van der Waals surface area contributed by atoms with E-state index in [0.29, 0.717) is 31.6 Å². The summed E-state index contributed by atoms with van der Waals surface area (Å²) in [5.41, 5.74) is -0.436. The van der Waals surface area contributed by atoms with Crippen LogP contribution in [0.25, 0.3) is 0 Å². The van der Waals surface area contributed by atoms with Crippen LogP contribution in [0.2, 0.25) is 0 Å². The van der Waals surface area contributed by atoms with E-state index in [4.69, 9.17) is 9.47 Å². The maximum atomic E-state index is 13.6. The van der Waals surface area contributed by atoms with Crippen molar-refractivity contribution >= 4 is 41.5 Å². The highest BCUT2D eigenvalue weighted by atomic mass is 127. The molecule has 1 saturated heterocycles. The van der Waals surface area contributed by atoms with E-state index in [1.807, 2.05) is 6.92 Å². The molecule has 1 amide bonds. The molecule has 31 heavy (non-hydrogen) atoms. The number of ether oxygens (including phenoxy) is 2. The second-order valence-corrected chi connectivity index (χ2v) is 6.88. The summed E-state index contributed by atoms with van der Waals surface area (Å²) in [4.78, 5) is 16.1. The van der Waals surface area contributed by atoms with Crippen LogP contribution in [0.5, 0.6) is 0 Å². The molecule has 0 unspecified atom stereocenters. The molecule has 0 atom stereocenters. The third-order valence-electron chi connectivity index (χ3n) is 4.49. The summed E-state index contributed by atoms with van der Waals surface area (Å²) in [6.45, 7) is 5.70. The van der Waals surface area contributed by atoms with E-state index in [1.54, 1.807) is 0 Å².